The molecular weight excluding hydrogens is 294 g/mol. The van der Waals surface area contributed by atoms with Crippen LogP contribution in [0.1, 0.15) is 23.2 Å². The van der Waals surface area contributed by atoms with Gasteiger partial charge in [0, 0.05) is 29.9 Å². The summed E-state index contributed by atoms with van der Waals surface area (Å²) in [4.78, 5) is 20.3. The normalized spacial score (nSPS) is 14.1. The highest BCUT2D eigenvalue weighted by molar-refractivity contribution is 7.98. The number of rotatable bonds is 4. The predicted octanol–water partition coefficient (Wildman–Crippen LogP) is 3.66. The Hall–Kier alpha value is -2.01. The fraction of sp³-hybridized carbons (Fsp3) is 0.294. The molecule has 0 radical (unpaired) electrons. The smallest absolute Gasteiger partial charge is 0.259 e. The molecule has 1 fully saturated rings. The van der Waals surface area contributed by atoms with Crippen LogP contribution in [0.2, 0.25) is 0 Å². The molecule has 1 aromatic carbocycles. The standard InChI is InChI=1S/C17H19N3OS/c1-22-14-8-6-13(7-9-14)19-17(21)15-5-4-10-18-16(15)20-11-2-3-12-20/h4-10H,2-3,11-12H2,1H3,(H,19,21). The summed E-state index contributed by atoms with van der Waals surface area (Å²) in [6.07, 6.45) is 6.10. The van der Waals surface area contributed by atoms with E-state index in [0.29, 0.717) is 5.56 Å². The first kappa shape index (κ1) is 14.9. The summed E-state index contributed by atoms with van der Waals surface area (Å²) in [6, 6.07) is 11.5. The van der Waals surface area contributed by atoms with Crippen molar-refractivity contribution in [1.29, 1.82) is 0 Å². The lowest BCUT2D eigenvalue weighted by Crippen LogP contribution is -2.24. The molecule has 1 saturated heterocycles. The zero-order valence-corrected chi connectivity index (χ0v) is 13.4. The van der Waals surface area contributed by atoms with E-state index in [4.69, 9.17) is 0 Å². The van der Waals surface area contributed by atoms with Crippen LogP contribution in [0, 0.1) is 0 Å². The van der Waals surface area contributed by atoms with Gasteiger partial charge in [0.25, 0.3) is 5.91 Å². The van der Waals surface area contributed by atoms with Crippen LogP contribution in [0.3, 0.4) is 0 Å². The first-order valence-corrected chi connectivity index (χ1v) is 8.66. The number of aromatic nitrogens is 1. The second kappa shape index (κ2) is 6.83. The van der Waals surface area contributed by atoms with Crippen LogP contribution in [0.5, 0.6) is 0 Å². The van der Waals surface area contributed by atoms with Gasteiger partial charge in [-0.2, -0.15) is 0 Å². The van der Waals surface area contributed by atoms with Gasteiger partial charge in [-0.25, -0.2) is 4.98 Å². The molecule has 2 heterocycles. The highest BCUT2D eigenvalue weighted by Gasteiger charge is 2.20. The molecule has 1 aliphatic rings. The molecular formula is C17H19N3OS. The van der Waals surface area contributed by atoms with Crippen LogP contribution in [0.4, 0.5) is 11.5 Å². The Bertz CT molecular complexity index is 651. The molecule has 0 unspecified atom stereocenters. The van der Waals surface area contributed by atoms with Gasteiger partial charge in [-0.3, -0.25) is 4.79 Å². The van der Waals surface area contributed by atoms with Crippen molar-refractivity contribution in [3.8, 4) is 0 Å². The van der Waals surface area contributed by atoms with Crippen LogP contribution in [0.25, 0.3) is 0 Å². The van der Waals surface area contributed by atoms with E-state index in [1.54, 1.807) is 18.0 Å². The van der Waals surface area contributed by atoms with Crippen LogP contribution < -0.4 is 10.2 Å². The molecule has 1 aliphatic heterocycles. The van der Waals surface area contributed by atoms with E-state index in [1.807, 2.05) is 42.7 Å². The number of benzene rings is 1. The Morgan fingerprint density at radius 1 is 1.18 bits per heavy atom. The van der Waals surface area contributed by atoms with Crippen LogP contribution >= 0.6 is 11.8 Å². The largest absolute Gasteiger partial charge is 0.356 e. The third kappa shape index (κ3) is 3.25. The molecule has 1 N–H and O–H groups in total. The molecule has 114 valence electrons. The number of thioether (sulfide) groups is 1. The van der Waals surface area contributed by atoms with Gasteiger partial charge in [-0.15, -0.1) is 11.8 Å². The van der Waals surface area contributed by atoms with Crippen molar-refractivity contribution in [3.63, 3.8) is 0 Å². The van der Waals surface area contributed by atoms with E-state index in [0.717, 1.165) is 37.4 Å². The third-order valence-corrected chi connectivity index (χ3v) is 4.53. The highest BCUT2D eigenvalue weighted by atomic mass is 32.2. The van der Waals surface area contributed by atoms with Crippen molar-refractivity contribution in [2.75, 3.05) is 29.6 Å². The van der Waals surface area contributed by atoms with E-state index in [-0.39, 0.29) is 5.91 Å². The van der Waals surface area contributed by atoms with Crippen molar-refractivity contribution in [3.05, 3.63) is 48.2 Å². The van der Waals surface area contributed by atoms with Crippen molar-refractivity contribution >= 4 is 29.2 Å². The number of anilines is 2. The summed E-state index contributed by atoms with van der Waals surface area (Å²) >= 11 is 1.68. The minimum atomic E-state index is -0.105. The van der Waals surface area contributed by atoms with Gasteiger partial charge in [0.15, 0.2) is 0 Å². The summed E-state index contributed by atoms with van der Waals surface area (Å²) in [6.45, 7) is 1.94. The minimum Gasteiger partial charge on any atom is -0.356 e. The molecule has 5 heteroatoms. The van der Waals surface area contributed by atoms with Crippen molar-refractivity contribution in [1.82, 2.24) is 4.98 Å². The zero-order valence-electron chi connectivity index (χ0n) is 12.6. The Labute approximate surface area is 134 Å². The second-order valence-electron chi connectivity index (χ2n) is 5.25. The fourth-order valence-corrected chi connectivity index (χ4v) is 3.04. The average Bonchev–Trinajstić information content (AvgIpc) is 3.10. The molecule has 4 nitrogen and oxygen atoms in total. The highest BCUT2D eigenvalue weighted by Crippen LogP contribution is 2.23. The number of amides is 1. The molecule has 0 bridgehead atoms. The topological polar surface area (TPSA) is 45.2 Å². The molecule has 22 heavy (non-hydrogen) atoms. The number of carbonyl (C=O) groups excluding carboxylic acids is 1. The van der Waals surface area contributed by atoms with Crippen LogP contribution in [0.15, 0.2) is 47.5 Å². The summed E-state index contributed by atoms with van der Waals surface area (Å²) in [7, 11) is 0. The van der Waals surface area contributed by atoms with Crippen LogP contribution in [-0.4, -0.2) is 30.2 Å². The molecule has 0 atom stereocenters. The molecule has 0 aliphatic carbocycles. The Balaban J connectivity index is 1.79. The van der Waals surface area contributed by atoms with E-state index in [2.05, 4.69) is 15.2 Å². The number of nitrogens with zero attached hydrogens (tertiary/aromatic N) is 2. The van der Waals surface area contributed by atoms with E-state index in [1.165, 1.54) is 4.90 Å². The molecule has 1 amide bonds. The van der Waals surface area contributed by atoms with E-state index < -0.39 is 0 Å². The monoisotopic (exact) mass is 313 g/mol. The summed E-state index contributed by atoms with van der Waals surface area (Å²) in [5.74, 6) is 0.685. The van der Waals surface area contributed by atoms with Gasteiger partial charge in [0.2, 0.25) is 0 Å². The minimum absolute atomic E-state index is 0.105. The van der Waals surface area contributed by atoms with Gasteiger partial charge in [0.05, 0.1) is 5.56 Å². The maximum Gasteiger partial charge on any atom is 0.259 e. The lowest BCUT2D eigenvalue weighted by Gasteiger charge is -2.19. The summed E-state index contributed by atoms with van der Waals surface area (Å²) in [5, 5.41) is 2.96. The lowest BCUT2D eigenvalue weighted by molar-refractivity contribution is 0.102. The maximum absolute atomic E-state index is 12.6. The SMILES string of the molecule is CSc1ccc(NC(=O)c2cccnc2N2CCCC2)cc1. The Morgan fingerprint density at radius 2 is 1.91 bits per heavy atom. The van der Waals surface area contributed by atoms with Crippen molar-refractivity contribution in [2.45, 2.75) is 17.7 Å². The number of pyridine rings is 1. The van der Waals surface area contributed by atoms with E-state index >= 15 is 0 Å². The molecule has 0 saturated carbocycles. The quantitative estimate of drug-likeness (QED) is 0.875. The molecule has 1 aromatic heterocycles. The van der Waals surface area contributed by atoms with Gasteiger partial charge in [-0.1, -0.05) is 0 Å². The van der Waals surface area contributed by atoms with E-state index in [9.17, 15) is 4.79 Å². The van der Waals surface area contributed by atoms with Gasteiger partial charge in [0.1, 0.15) is 5.82 Å². The summed E-state index contributed by atoms with van der Waals surface area (Å²) < 4.78 is 0. The molecule has 2 aromatic rings. The number of hydrogen-bond acceptors (Lipinski definition) is 4. The van der Waals surface area contributed by atoms with Crippen molar-refractivity contribution in [2.24, 2.45) is 0 Å². The maximum atomic E-state index is 12.6. The first-order chi connectivity index (χ1) is 10.8. The summed E-state index contributed by atoms with van der Waals surface area (Å²) in [5.41, 5.74) is 1.44. The average molecular weight is 313 g/mol. The van der Waals surface area contributed by atoms with Crippen molar-refractivity contribution < 1.29 is 4.79 Å². The lowest BCUT2D eigenvalue weighted by atomic mass is 10.2. The molecule has 0 spiro atoms. The Morgan fingerprint density at radius 3 is 2.59 bits per heavy atom. The fourth-order valence-electron chi connectivity index (χ4n) is 2.63. The second-order valence-corrected chi connectivity index (χ2v) is 6.13. The van der Waals surface area contributed by atoms with Crippen LogP contribution in [-0.2, 0) is 0 Å². The number of nitrogens with one attached hydrogen (secondary N) is 1. The predicted molar refractivity (Wildman–Crippen MR) is 91.9 cm³/mol. The van der Waals surface area contributed by atoms with Gasteiger partial charge < -0.3 is 10.2 Å². The molecule has 3 rings (SSSR count). The van der Waals surface area contributed by atoms with Gasteiger partial charge in [-0.05, 0) is 55.5 Å². The first-order valence-electron chi connectivity index (χ1n) is 7.43. The zero-order chi connectivity index (χ0) is 15.4. The van der Waals surface area contributed by atoms with Gasteiger partial charge >= 0.3 is 0 Å². The third-order valence-electron chi connectivity index (χ3n) is 3.78. The Kier molecular flexibility index (Phi) is 4.63. The number of hydrogen-bond donors (Lipinski definition) is 1. The number of carbonyl (C=O) groups is 1.